The number of aromatic nitrogens is 8. The molecule has 0 saturated carbocycles. The third-order valence-corrected chi connectivity index (χ3v) is 11.8. The Bertz CT molecular complexity index is 1850. The van der Waals surface area contributed by atoms with Gasteiger partial charge in [-0.1, -0.05) is 0 Å². The van der Waals surface area contributed by atoms with Gasteiger partial charge in [-0.2, -0.15) is 0 Å². The average molecular weight is 688 g/mol. The molecule has 24 heteroatoms. The first-order chi connectivity index (χ1) is 21.5. The second kappa shape index (κ2) is 11.4. The van der Waals surface area contributed by atoms with E-state index in [1.165, 1.54) is 40.7 Å². The molecule has 4 aromatic rings. The van der Waals surface area contributed by atoms with Gasteiger partial charge in [-0.05, 0) is 17.6 Å². The van der Waals surface area contributed by atoms with Crippen molar-refractivity contribution < 1.29 is 51.8 Å². The summed E-state index contributed by atoms with van der Waals surface area (Å²) in [6.45, 7) is -5.42. The number of ether oxygens (including phenoxy) is 2. The maximum absolute atomic E-state index is 13.8. The lowest BCUT2D eigenvalue weighted by atomic mass is 10.1. The second-order valence-corrected chi connectivity index (χ2v) is 15.6. The van der Waals surface area contributed by atoms with E-state index in [0.717, 1.165) is 0 Å². The first-order valence-electron chi connectivity index (χ1n) is 13.1. The van der Waals surface area contributed by atoms with Crippen molar-refractivity contribution in [2.24, 2.45) is 0 Å². The molecule has 45 heavy (non-hydrogen) atoms. The van der Waals surface area contributed by atoms with Crippen LogP contribution in [0.1, 0.15) is 12.5 Å². The van der Waals surface area contributed by atoms with Crippen molar-refractivity contribution >= 4 is 60.0 Å². The maximum Gasteiger partial charge on any atom is 0.389 e. The van der Waals surface area contributed by atoms with E-state index in [9.17, 15) is 24.2 Å². The molecule has 4 aromatic heterocycles. The number of phosphoric acid groups is 1. The highest BCUT2D eigenvalue weighted by molar-refractivity contribution is 8.54. The predicted octanol–water partition coefficient (Wildman–Crippen LogP) is -0.896. The topological polar surface area (TPSA) is 292 Å². The second-order valence-electron chi connectivity index (χ2n) is 10.1. The fraction of sp³-hybridized carbons (Fsp3) is 0.524. The Labute approximate surface area is 256 Å². The molecular formula is C21H25N10O11P2S-. The molecule has 3 saturated heterocycles. The molecular weight excluding hydrogens is 662 g/mol. The highest BCUT2D eigenvalue weighted by Gasteiger charge is 2.53. The van der Waals surface area contributed by atoms with Crippen LogP contribution >= 0.6 is 26.0 Å². The first kappa shape index (κ1) is 30.8. The number of imidazole rings is 2. The molecule has 10 atom stereocenters. The van der Waals surface area contributed by atoms with Crippen molar-refractivity contribution in [1.82, 2.24) is 39.0 Å². The van der Waals surface area contributed by atoms with Gasteiger partial charge in [0.2, 0.25) is 0 Å². The van der Waals surface area contributed by atoms with E-state index in [4.69, 9.17) is 39.0 Å². The van der Waals surface area contributed by atoms with Crippen molar-refractivity contribution in [3.05, 3.63) is 25.3 Å². The lowest BCUT2D eigenvalue weighted by Crippen LogP contribution is -2.40. The van der Waals surface area contributed by atoms with E-state index in [1.807, 2.05) is 0 Å². The number of nitrogen functional groups attached to an aromatic ring is 2. The van der Waals surface area contributed by atoms with E-state index in [0.29, 0.717) is 11.4 Å². The van der Waals surface area contributed by atoms with E-state index in [-0.39, 0.29) is 34.0 Å². The van der Waals surface area contributed by atoms with Crippen molar-refractivity contribution in [1.29, 1.82) is 0 Å². The smallest absolute Gasteiger partial charge is 0.389 e. The molecule has 3 aliphatic rings. The van der Waals surface area contributed by atoms with E-state index < -0.39 is 76.9 Å². The first-order valence-corrected chi connectivity index (χ1v) is 18.0. The van der Waals surface area contributed by atoms with Crippen LogP contribution in [-0.2, 0) is 36.7 Å². The average Bonchev–Trinajstić information content (AvgIpc) is 3.77. The Balaban J connectivity index is 1.18. The van der Waals surface area contributed by atoms with Gasteiger partial charge < -0.3 is 45.1 Å². The van der Waals surface area contributed by atoms with Crippen LogP contribution in [0.3, 0.4) is 0 Å². The third kappa shape index (κ3) is 5.39. The molecule has 0 spiro atoms. The van der Waals surface area contributed by atoms with Crippen LogP contribution in [0.15, 0.2) is 25.3 Å². The van der Waals surface area contributed by atoms with Gasteiger partial charge in [0.15, 0.2) is 35.4 Å². The molecule has 3 fully saturated rings. The molecule has 7 heterocycles. The summed E-state index contributed by atoms with van der Waals surface area (Å²) in [7, 11) is -5.20. The number of nitrogens with zero attached hydrogens (tertiary/aromatic N) is 8. The molecule has 242 valence electrons. The summed E-state index contributed by atoms with van der Waals surface area (Å²) in [5, 5.41) is 22.5. The summed E-state index contributed by atoms with van der Waals surface area (Å²) < 4.78 is 63.4. The zero-order valence-electron chi connectivity index (χ0n) is 22.9. The zero-order valence-corrected chi connectivity index (χ0v) is 25.6. The van der Waals surface area contributed by atoms with Gasteiger partial charge in [-0.3, -0.25) is 22.7 Å². The fourth-order valence-corrected chi connectivity index (χ4v) is 8.47. The summed E-state index contributed by atoms with van der Waals surface area (Å²) >= 11 is 0.716. The normalized spacial score (nSPS) is 37.7. The number of aliphatic hydroxyl groups is 2. The third-order valence-electron chi connectivity index (χ3n) is 7.46. The van der Waals surface area contributed by atoms with E-state index >= 15 is 0 Å². The Morgan fingerprint density at radius 3 is 1.82 bits per heavy atom. The molecule has 0 radical (unpaired) electrons. The van der Waals surface area contributed by atoms with Gasteiger partial charge in [-0.15, -0.1) is 0 Å². The summed E-state index contributed by atoms with van der Waals surface area (Å²) in [6, 6.07) is 0. The van der Waals surface area contributed by atoms with Gasteiger partial charge in [0.1, 0.15) is 60.3 Å². The number of anilines is 2. The van der Waals surface area contributed by atoms with Gasteiger partial charge in [0.05, 0.1) is 25.9 Å². The minimum Gasteiger partial charge on any atom is -0.756 e. The van der Waals surface area contributed by atoms with Crippen LogP contribution in [0.5, 0.6) is 0 Å². The number of nitrogens with two attached hydrogens (primary N) is 2. The molecule has 6 N–H and O–H groups in total. The van der Waals surface area contributed by atoms with Crippen LogP contribution < -0.4 is 16.4 Å². The number of phosphoric ester groups is 1. The van der Waals surface area contributed by atoms with Gasteiger partial charge in [0.25, 0.3) is 7.82 Å². The SMILES string of the molecule is CSP1(=O)OCC2O[C@@H](n3cnc4c(N)ncnc43)[C@H](O)[C@@H]2OP(=O)([O-])OC[C@H]2O[C@@H](n3cnc4c(N)ncnc43)[C@H](O)[C@@H]2O1. The van der Waals surface area contributed by atoms with Gasteiger partial charge in [-0.25, -0.2) is 34.5 Å². The van der Waals surface area contributed by atoms with Crippen molar-refractivity contribution in [2.75, 3.05) is 30.9 Å². The fourth-order valence-electron chi connectivity index (χ4n) is 5.32. The Morgan fingerprint density at radius 1 is 0.822 bits per heavy atom. The summed E-state index contributed by atoms with van der Waals surface area (Å²) in [6.07, 6.45) is -4.95. The summed E-state index contributed by atoms with van der Waals surface area (Å²) in [5.74, 6) is 0.154. The maximum atomic E-state index is 13.8. The minimum absolute atomic E-state index is 0.0728. The van der Waals surface area contributed by atoms with E-state index in [1.54, 1.807) is 0 Å². The van der Waals surface area contributed by atoms with Crippen LogP contribution in [0.4, 0.5) is 11.6 Å². The molecule has 7 rings (SSSR count). The monoisotopic (exact) mass is 687 g/mol. The Hall–Kier alpha value is -2.85. The molecule has 21 nitrogen and oxygen atoms in total. The van der Waals surface area contributed by atoms with Crippen molar-refractivity contribution in [3.63, 3.8) is 0 Å². The number of hydrogen-bond acceptors (Lipinski definition) is 20. The number of aliphatic hydroxyl groups excluding tert-OH is 2. The highest BCUT2D eigenvalue weighted by atomic mass is 32.7. The summed E-state index contributed by atoms with van der Waals surface area (Å²) in [4.78, 5) is 37.4. The lowest BCUT2D eigenvalue weighted by Gasteiger charge is -2.32. The molecule has 3 aliphatic heterocycles. The van der Waals surface area contributed by atoms with Crippen LogP contribution in [0.25, 0.3) is 22.3 Å². The van der Waals surface area contributed by atoms with Crippen molar-refractivity contribution in [2.45, 2.75) is 49.1 Å². The lowest BCUT2D eigenvalue weighted by molar-refractivity contribution is -0.236. The highest BCUT2D eigenvalue weighted by Crippen LogP contribution is 2.62. The molecule has 0 aliphatic carbocycles. The van der Waals surface area contributed by atoms with Gasteiger partial charge >= 0.3 is 6.80 Å². The molecule has 0 amide bonds. The number of rotatable bonds is 3. The van der Waals surface area contributed by atoms with Crippen molar-refractivity contribution in [3.8, 4) is 0 Å². The summed E-state index contributed by atoms with van der Waals surface area (Å²) in [5.41, 5.74) is 12.6. The van der Waals surface area contributed by atoms with Gasteiger partial charge in [0, 0.05) is 0 Å². The Kier molecular flexibility index (Phi) is 7.83. The number of hydrogen-bond donors (Lipinski definition) is 4. The van der Waals surface area contributed by atoms with Crippen LogP contribution in [0, 0.1) is 0 Å². The Morgan fingerprint density at radius 2 is 1.31 bits per heavy atom. The molecule has 0 aromatic carbocycles. The quantitative estimate of drug-likeness (QED) is 0.190. The standard InChI is InChI=1S/C21H26N10O11P2S/c1-45-44(36)38-3-9-14(12(32)20(40-9)30-6-28-10-16(22)24-4-26-18(10)30)41-43(34,35)37-2-8-15(42-44)13(33)21(39-8)31-7-29-11-17(23)25-5-27-19(11)31/h4-9,12-15,20-21,32-33H,2-3H2,1H3,(H,34,35)(H2,22,24,26)(H2,23,25,27)/p-1/t8-,9?,12-,13-,14-,15-,20-,21-,44?/m1/s1. The predicted molar refractivity (Wildman–Crippen MR) is 150 cm³/mol. The number of fused-ring (bicyclic) bond motifs is 4. The molecule has 3 unspecified atom stereocenters. The zero-order chi connectivity index (χ0) is 31.7. The van der Waals surface area contributed by atoms with Crippen LogP contribution in [-0.4, -0.2) is 105 Å². The minimum atomic E-state index is -5.20. The largest absolute Gasteiger partial charge is 0.756 e. The van der Waals surface area contributed by atoms with E-state index in [2.05, 4.69) is 29.9 Å². The van der Waals surface area contributed by atoms with Crippen LogP contribution in [0.2, 0.25) is 0 Å². The molecule has 0 bridgehead atoms.